The summed E-state index contributed by atoms with van der Waals surface area (Å²) in [7, 11) is -3.97. The average Bonchev–Trinajstić information content (AvgIpc) is 2.84. The van der Waals surface area contributed by atoms with Crippen LogP contribution in [-0.4, -0.2) is 43.9 Å². The number of hydrogen-bond acceptors (Lipinski definition) is 6. The van der Waals surface area contributed by atoms with Gasteiger partial charge in [0.2, 0.25) is 10.0 Å². The lowest BCUT2D eigenvalue weighted by Gasteiger charge is -2.28. The maximum Gasteiger partial charge on any atom is 0.270 e. The van der Waals surface area contributed by atoms with Crippen LogP contribution in [0.5, 0.6) is 0 Å². The van der Waals surface area contributed by atoms with Crippen LogP contribution >= 0.6 is 0 Å². The summed E-state index contributed by atoms with van der Waals surface area (Å²) < 4.78 is 33.5. The van der Waals surface area contributed by atoms with Gasteiger partial charge in [-0.25, -0.2) is 8.42 Å². The molecule has 1 aliphatic heterocycles. The molecule has 32 heavy (non-hydrogen) atoms. The van der Waals surface area contributed by atoms with Gasteiger partial charge in [-0.3, -0.25) is 10.1 Å². The first-order valence-electron chi connectivity index (χ1n) is 10.2. The number of nitrogens with one attached hydrogen (secondary N) is 1. The van der Waals surface area contributed by atoms with Gasteiger partial charge in [-0.05, 0) is 17.2 Å². The number of morpholine rings is 1. The van der Waals surface area contributed by atoms with Crippen LogP contribution in [-0.2, 0) is 14.8 Å². The third-order valence-electron chi connectivity index (χ3n) is 5.33. The second-order valence-corrected chi connectivity index (χ2v) is 9.26. The summed E-state index contributed by atoms with van der Waals surface area (Å²) in [6.07, 6.45) is 0. The molecular formula is C23H23N3O5S. The maximum absolute atomic E-state index is 13.4. The number of non-ortho nitro benzene ring substituents is 1. The molecule has 0 amide bonds. The van der Waals surface area contributed by atoms with Crippen molar-refractivity contribution in [2.45, 2.75) is 10.9 Å². The summed E-state index contributed by atoms with van der Waals surface area (Å²) in [5, 5.41) is 14.7. The Labute approximate surface area is 186 Å². The summed E-state index contributed by atoms with van der Waals surface area (Å²) in [5.74, 6) is 0. The molecule has 1 saturated heterocycles. The number of sulfonamides is 1. The van der Waals surface area contributed by atoms with Crippen LogP contribution in [0.4, 0.5) is 11.4 Å². The van der Waals surface area contributed by atoms with E-state index in [1.54, 1.807) is 0 Å². The summed E-state index contributed by atoms with van der Waals surface area (Å²) in [4.78, 5) is 10.7. The van der Waals surface area contributed by atoms with Crippen LogP contribution in [0.25, 0.3) is 0 Å². The molecule has 0 radical (unpaired) electrons. The molecule has 0 spiro atoms. The van der Waals surface area contributed by atoms with Crippen molar-refractivity contribution in [1.82, 2.24) is 4.31 Å². The van der Waals surface area contributed by atoms with Gasteiger partial charge in [0.25, 0.3) is 5.69 Å². The Morgan fingerprint density at radius 2 is 1.47 bits per heavy atom. The zero-order valence-corrected chi connectivity index (χ0v) is 18.1. The Kier molecular flexibility index (Phi) is 6.50. The Hall–Kier alpha value is -3.27. The molecule has 1 fully saturated rings. The first-order valence-corrected chi connectivity index (χ1v) is 11.6. The molecule has 166 valence electrons. The second kappa shape index (κ2) is 9.47. The third kappa shape index (κ3) is 4.64. The van der Waals surface area contributed by atoms with E-state index in [1.165, 1.54) is 16.4 Å². The Bertz CT molecular complexity index is 1140. The molecule has 9 heteroatoms. The molecule has 0 bridgehead atoms. The van der Waals surface area contributed by atoms with Gasteiger partial charge in [0.05, 0.1) is 29.9 Å². The second-order valence-electron chi connectivity index (χ2n) is 7.35. The van der Waals surface area contributed by atoms with Gasteiger partial charge in [-0.1, -0.05) is 60.7 Å². The molecule has 0 aliphatic carbocycles. The normalized spacial score (nSPS) is 14.9. The van der Waals surface area contributed by atoms with Crippen molar-refractivity contribution < 1.29 is 18.1 Å². The lowest BCUT2D eigenvalue weighted by atomic mass is 9.98. The molecule has 1 heterocycles. The molecular weight excluding hydrogens is 430 g/mol. The van der Waals surface area contributed by atoms with Crippen molar-refractivity contribution in [2.24, 2.45) is 0 Å². The van der Waals surface area contributed by atoms with Gasteiger partial charge in [-0.2, -0.15) is 4.31 Å². The summed E-state index contributed by atoms with van der Waals surface area (Å²) in [6.45, 7) is 0.970. The van der Waals surface area contributed by atoms with E-state index in [4.69, 9.17) is 4.74 Å². The lowest BCUT2D eigenvalue weighted by Crippen LogP contribution is -2.40. The Balaban J connectivity index is 1.80. The van der Waals surface area contributed by atoms with Gasteiger partial charge in [0.15, 0.2) is 0 Å². The van der Waals surface area contributed by atoms with Crippen LogP contribution in [0.1, 0.15) is 17.2 Å². The number of nitro benzene ring substituents is 1. The molecule has 1 aliphatic rings. The van der Waals surface area contributed by atoms with Gasteiger partial charge < -0.3 is 10.1 Å². The van der Waals surface area contributed by atoms with Crippen molar-refractivity contribution in [3.8, 4) is 0 Å². The number of anilines is 1. The molecule has 0 saturated carbocycles. The number of ether oxygens (including phenoxy) is 1. The van der Waals surface area contributed by atoms with Crippen molar-refractivity contribution in [3.05, 3.63) is 100 Å². The fourth-order valence-corrected chi connectivity index (χ4v) is 5.27. The van der Waals surface area contributed by atoms with Gasteiger partial charge in [-0.15, -0.1) is 0 Å². The highest BCUT2D eigenvalue weighted by molar-refractivity contribution is 7.89. The summed E-state index contributed by atoms with van der Waals surface area (Å²) in [6, 6.07) is 22.8. The highest BCUT2D eigenvalue weighted by Gasteiger charge is 2.31. The van der Waals surface area contributed by atoms with Gasteiger partial charge in [0.1, 0.15) is 4.90 Å². The van der Waals surface area contributed by atoms with Crippen LogP contribution in [0.15, 0.2) is 83.8 Å². The third-order valence-corrected chi connectivity index (χ3v) is 7.27. The van der Waals surface area contributed by atoms with Crippen molar-refractivity contribution >= 4 is 21.4 Å². The van der Waals surface area contributed by atoms with Gasteiger partial charge in [0, 0.05) is 25.2 Å². The van der Waals surface area contributed by atoms with Crippen molar-refractivity contribution in [2.75, 3.05) is 31.6 Å². The van der Waals surface area contributed by atoms with Gasteiger partial charge >= 0.3 is 0 Å². The Morgan fingerprint density at radius 3 is 2.00 bits per heavy atom. The molecule has 1 N–H and O–H groups in total. The maximum atomic E-state index is 13.4. The minimum Gasteiger partial charge on any atom is -0.379 e. The molecule has 0 unspecified atom stereocenters. The van der Waals surface area contributed by atoms with Crippen molar-refractivity contribution in [1.29, 1.82) is 0 Å². The molecule has 3 aromatic carbocycles. The number of rotatable bonds is 7. The predicted octanol–water partition coefficient (Wildman–Crippen LogP) is 3.82. The summed E-state index contributed by atoms with van der Waals surface area (Å²) >= 11 is 0. The minimum absolute atomic E-state index is 0.120. The number of hydrogen-bond donors (Lipinski definition) is 1. The van der Waals surface area contributed by atoms with Crippen molar-refractivity contribution in [3.63, 3.8) is 0 Å². The topological polar surface area (TPSA) is 102 Å². The van der Waals surface area contributed by atoms with E-state index in [2.05, 4.69) is 5.32 Å². The molecule has 4 rings (SSSR count). The zero-order valence-electron chi connectivity index (χ0n) is 17.3. The fraction of sp³-hybridized carbons (Fsp3) is 0.217. The largest absolute Gasteiger partial charge is 0.379 e. The standard InChI is InChI=1S/C23H23N3O5S/c27-26(28)20-11-12-21(22(17-20)32(29,30)25-13-15-31-16-14-25)24-23(18-7-3-1-4-8-18)19-9-5-2-6-10-19/h1-12,17,23-24H,13-16H2. The quantitative estimate of drug-likeness (QED) is 0.431. The number of nitrogens with zero attached hydrogens (tertiary/aromatic N) is 2. The van der Waals surface area contributed by atoms with E-state index in [0.29, 0.717) is 5.69 Å². The smallest absolute Gasteiger partial charge is 0.270 e. The SMILES string of the molecule is O=[N+]([O-])c1ccc(NC(c2ccccc2)c2ccccc2)c(S(=O)(=O)N2CCOCC2)c1. The van der Waals surface area contributed by atoms with E-state index in [1.807, 2.05) is 60.7 Å². The van der Waals surface area contributed by atoms with E-state index >= 15 is 0 Å². The van der Waals surface area contributed by atoms with Crippen LogP contribution in [0.2, 0.25) is 0 Å². The zero-order chi connectivity index (χ0) is 22.6. The van der Waals surface area contributed by atoms with E-state index in [0.717, 1.165) is 17.2 Å². The molecule has 8 nitrogen and oxygen atoms in total. The van der Waals surface area contributed by atoms with Crippen LogP contribution < -0.4 is 5.32 Å². The molecule has 0 atom stereocenters. The minimum atomic E-state index is -3.97. The highest BCUT2D eigenvalue weighted by atomic mass is 32.2. The van der Waals surface area contributed by atoms with E-state index in [-0.39, 0.29) is 42.9 Å². The molecule has 3 aromatic rings. The molecule has 0 aromatic heterocycles. The summed E-state index contributed by atoms with van der Waals surface area (Å²) in [5.41, 5.74) is 1.90. The predicted molar refractivity (Wildman–Crippen MR) is 121 cm³/mol. The van der Waals surface area contributed by atoms with E-state index < -0.39 is 14.9 Å². The number of benzene rings is 3. The van der Waals surface area contributed by atoms with Crippen LogP contribution in [0.3, 0.4) is 0 Å². The van der Waals surface area contributed by atoms with E-state index in [9.17, 15) is 18.5 Å². The highest BCUT2D eigenvalue weighted by Crippen LogP contribution is 2.34. The first-order chi connectivity index (χ1) is 15.5. The number of nitro groups is 1. The average molecular weight is 454 g/mol. The monoisotopic (exact) mass is 453 g/mol. The lowest BCUT2D eigenvalue weighted by molar-refractivity contribution is -0.385. The Morgan fingerprint density at radius 1 is 0.906 bits per heavy atom. The van der Waals surface area contributed by atoms with Crippen LogP contribution in [0, 0.1) is 10.1 Å². The fourth-order valence-electron chi connectivity index (χ4n) is 3.69. The first kappa shape index (κ1) is 21.9.